The van der Waals surface area contributed by atoms with Crippen LogP contribution < -0.4 is 5.32 Å². The Hall–Kier alpha value is -2.28. The summed E-state index contributed by atoms with van der Waals surface area (Å²) in [5, 5.41) is 20.8. The van der Waals surface area contributed by atoms with Gasteiger partial charge in [-0.1, -0.05) is 48.6 Å². The SMILES string of the molecule is CCc1nnc(NC(=O)C[C@H](CC(=O)O)c2ccccc2)s1. The van der Waals surface area contributed by atoms with E-state index in [2.05, 4.69) is 15.5 Å². The van der Waals surface area contributed by atoms with Crippen LogP contribution in [0, 0.1) is 0 Å². The highest BCUT2D eigenvalue weighted by molar-refractivity contribution is 7.15. The van der Waals surface area contributed by atoms with Gasteiger partial charge in [-0.3, -0.25) is 9.59 Å². The Balaban J connectivity index is 2.03. The highest BCUT2D eigenvalue weighted by Gasteiger charge is 2.20. The third-order valence-corrected chi connectivity index (χ3v) is 4.12. The average molecular weight is 319 g/mol. The molecule has 116 valence electrons. The zero-order valence-electron chi connectivity index (χ0n) is 12.2. The molecule has 1 aromatic heterocycles. The van der Waals surface area contributed by atoms with Crippen LogP contribution in [-0.2, 0) is 16.0 Å². The van der Waals surface area contributed by atoms with Gasteiger partial charge in [0, 0.05) is 12.3 Å². The van der Waals surface area contributed by atoms with Crippen molar-refractivity contribution in [3.63, 3.8) is 0 Å². The van der Waals surface area contributed by atoms with Crippen molar-refractivity contribution in [1.82, 2.24) is 10.2 Å². The van der Waals surface area contributed by atoms with Crippen molar-refractivity contribution in [2.45, 2.75) is 32.1 Å². The summed E-state index contributed by atoms with van der Waals surface area (Å²) in [5.74, 6) is -1.54. The molecule has 0 saturated carbocycles. The summed E-state index contributed by atoms with van der Waals surface area (Å²) in [6, 6.07) is 9.19. The van der Waals surface area contributed by atoms with E-state index in [9.17, 15) is 9.59 Å². The summed E-state index contributed by atoms with van der Waals surface area (Å²) in [4.78, 5) is 23.1. The molecule has 0 saturated heterocycles. The Morgan fingerprint density at radius 1 is 1.23 bits per heavy atom. The molecule has 0 bridgehead atoms. The number of carboxylic acid groups (broad SMARTS) is 1. The number of hydrogen-bond acceptors (Lipinski definition) is 5. The number of nitrogens with one attached hydrogen (secondary N) is 1. The summed E-state index contributed by atoms with van der Waals surface area (Å²) < 4.78 is 0. The van der Waals surface area contributed by atoms with Crippen molar-refractivity contribution in [1.29, 1.82) is 0 Å². The van der Waals surface area contributed by atoms with Crippen LogP contribution in [0.25, 0.3) is 0 Å². The number of carboxylic acids is 1. The lowest BCUT2D eigenvalue weighted by Crippen LogP contribution is -2.17. The minimum atomic E-state index is -0.925. The first kappa shape index (κ1) is 16.1. The van der Waals surface area contributed by atoms with Crippen molar-refractivity contribution in [2.24, 2.45) is 0 Å². The van der Waals surface area contributed by atoms with Crippen LogP contribution in [0.1, 0.15) is 36.3 Å². The third-order valence-electron chi connectivity index (χ3n) is 3.14. The second kappa shape index (κ2) is 7.65. The van der Waals surface area contributed by atoms with E-state index in [0.717, 1.165) is 17.0 Å². The van der Waals surface area contributed by atoms with E-state index in [1.807, 2.05) is 37.3 Å². The molecule has 0 radical (unpaired) electrons. The average Bonchev–Trinajstić information content (AvgIpc) is 2.94. The Labute approximate surface area is 132 Å². The lowest BCUT2D eigenvalue weighted by molar-refractivity contribution is -0.137. The van der Waals surface area contributed by atoms with Crippen molar-refractivity contribution in [2.75, 3.05) is 5.32 Å². The zero-order valence-corrected chi connectivity index (χ0v) is 13.0. The third kappa shape index (κ3) is 4.63. The van der Waals surface area contributed by atoms with E-state index in [1.54, 1.807) is 0 Å². The van der Waals surface area contributed by atoms with Gasteiger partial charge in [-0.25, -0.2) is 0 Å². The van der Waals surface area contributed by atoms with Crippen molar-refractivity contribution in [3.8, 4) is 0 Å². The number of rotatable bonds is 7. The number of aliphatic carboxylic acids is 1. The minimum Gasteiger partial charge on any atom is -0.481 e. The largest absolute Gasteiger partial charge is 0.481 e. The zero-order chi connectivity index (χ0) is 15.9. The van der Waals surface area contributed by atoms with E-state index in [1.165, 1.54) is 11.3 Å². The number of aromatic nitrogens is 2. The van der Waals surface area contributed by atoms with Gasteiger partial charge < -0.3 is 10.4 Å². The first-order chi connectivity index (χ1) is 10.6. The van der Waals surface area contributed by atoms with Gasteiger partial charge in [0.2, 0.25) is 11.0 Å². The van der Waals surface area contributed by atoms with Gasteiger partial charge in [-0.05, 0) is 12.0 Å². The molecule has 1 aromatic carbocycles. The van der Waals surface area contributed by atoms with Gasteiger partial charge in [0.05, 0.1) is 6.42 Å². The van der Waals surface area contributed by atoms with Crippen molar-refractivity contribution < 1.29 is 14.7 Å². The molecule has 0 aliphatic rings. The minimum absolute atomic E-state index is 0.0895. The van der Waals surface area contributed by atoms with E-state index in [0.29, 0.717) is 5.13 Å². The van der Waals surface area contributed by atoms with Crippen LogP contribution in [0.2, 0.25) is 0 Å². The number of anilines is 1. The Kier molecular flexibility index (Phi) is 5.60. The Morgan fingerprint density at radius 2 is 1.95 bits per heavy atom. The molecule has 0 unspecified atom stereocenters. The van der Waals surface area contributed by atoms with Crippen molar-refractivity contribution in [3.05, 3.63) is 40.9 Å². The highest BCUT2D eigenvalue weighted by atomic mass is 32.1. The van der Waals surface area contributed by atoms with Gasteiger partial charge in [0.15, 0.2) is 0 Å². The van der Waals surface area contributed by atoms with Gasteiger partial charge >= 0.3 is 5.97 Å². The second-order valence-electron chi connectivity index (χ2n) is 4.81. The number of amides is 1. The fraction of sp³-hybridized carbons (Fsp3) is 0.333. The topological polar surface area (TPSA) is 92.2 Å². The molecule has 22 heavy (non-hydrogen) atoms. The number of hydrogen-bond donors (Lipinski definition) is 2. The predicted octanol–water partition coefficient (Wildman–Crippen LogP) is 2.69. The van der Waals surface area contributed by atoms with E-state index < -0.39 is 5.97 Å². The summed E-state index contributed by atoms with van der Waals surface area (Å²) in [6.07, 6.45) is 0.768. The molecule has 0 spiro atoms. The number of carbonyl (C=O) groups is 2. The molecular weight excluding hydrogens is 302 g/mol. The molecule has 1 amide bonds. The number of benzene rings is 1. The number of nitrogens with zero attached hydrogens (tertiary/aromatic N) is 2. The number of carbonyl (C=O) groups excluding carboxylic acids is 1. The monoisotopic (exact) mass is 319 g/mol. The smallest absolute Gasteiger partial charge is 0.303 e. The molecule has 6 nitrogen and oxygen atoms in total. The molecule has 0 aliphatic heterocycles. The second-order valence-corrected chi connectivity index (χ2v) is 5.87. The molecular formula is C15H17N3O3S. The quantitative estimate of drug-likeness (QED) is 0.818. The molecule has 0 aliphatic carbocycles. The maximum Gasteiger partial charge on any atom is 0.303 e. The molecule has 0 fully saturated rings. The van der Waals surface area contributed by atoms with Crippen molar-refractivity contribution >= 4 is 28.3 Å². The van der Waals surface area contributed by atoms with E-state index in [4.69, 9.17) is 5.11 Å². The van der Waals surface area contributed by atoms with Crippen LogP contribution in [0.5, 0.6) is 0 Å². The fourth-order valence-corrected chi connectivity index (χ4v) is 2.78. The number of aryl methyl sites for hydroxylation is 1. The van der Waals surface area contributed by atoms with Gasteiger partial charge in [-0.2, -0.15) is 0 Å². The van der Waals surface area contributed by atoms with Crippen LogP contribution in [0.15, 0.2) is 30.3 Å². The lowest BCUT2D eigenvalue weighted by atomic mass is 9.92. The van der Waals surface area contributed by atoms with Crippen LogP contribution in [0.4, 0.5) is 5.13 Å². The molecule has 7 heteroatoms. The van der Waals surface area contributed by atoms with Gasteiger partial charge in [-0.15, -0.1) is 10.2 Å². The van der Waals surface area contributed by atoms with E-state index in [-0.39, 0.29) is 24.7 Å². The maximum absolute atomic E-state index is 12.1. The first-order valence-electron chi connectivity index (χ1n) is 6.97. The molecule has 1 heterocycles. The molecule has 2 aromatic rings. The van der Waals surface area contributed by atoms with Crippen LogP contribution >= 0.6 is 11.3 Å². The fourth-order valence-electron chi connectivity index (χ4n) is 2.08. The summed E-state index contributed by atoms with van der Waals surface area (Å²) >= 11 is 1.33. The van der Waals surface area contributed by atoms with Crippen LogP contribution in [0.3, 0.4) is 0 Å². The highest BCUT2D eigenvalue weighted by Crippen LogP contribution is 2.24. The Bertz CT molecular complexity index is 642. The lowest BCUT2D eigenvalue weighted by Gasteiger charge is -2.14. The van der Waals surface area contributed by atoms with Crippen LogP contribution in [-0.4, -0.2) is 27.2 Å². The molecule has 2 rings (SSSR count). The first-order valence-corrected chi connectivity index (χ1v) is 7.79. The Morgan fingerprint density at radius 3 is 2.55 bits per heavy atom. The molecule has 2 N–H and O–H groups in total. The summed E-state index contributed by atoms with van der Waals surface area (Å²) in [5.41, 5.74) is 0.839. The van der Waals surface area contributed by atoms with E-state index >= 15 is 0 Å². The standard InChI is InChI=1S/C15H17N3O3S/c1-2-13-17-18-15(22-13)16-12(19)8-11(9-14(20)21)10-6-4-3-5-7-10/h3-7,11H,2,8-9H2,1H3,(H,20,21)(H,16,18,19)/t11-/m1/s1. The van der Waals surface area contributed by atoms with Gasteiger partial charge in [0.1, 0.15) is 5.01 Å². The maximum atomic E-state index is 12.1. The summed E-state index contributed by atoms with van der Waals surface area (Å²) in [6.45, 7) is 1.96. The summed E-state index contributed by atoms with van der Waals surface area (Å²) in [7, 11) is 0. The molecule has 1 atom stereocenters. The predicted molar refractivity (Wildman–Crippen MR) is 84.0 cm³/mol. The normalized spacial score (nSPS) is 11.9. The van der Waals surface area contributed by atoms with Gasteiger partial charge in [0.25, 0.3) is 0 Å².